The molecule has 0 radical (unpaired) electrons. The number of carbonyl (C=O) groups is 2. The minimum atomic E-state index is -4.56. The number of ether oxygens (including phenoxy) is 1. The second kappa shape index (κ2) is 8.77. The largest absolute Gasteiger partial charge is 0.476 e. The predicted octanol–water partition coefficient (Wildman–Crippen LogP) is 3.20. The van der Waals surface area contributed by atoms with Crippen molar-refractivity contribution in [3.8, 4) is 5.88 Å². The quantitative estimate of drug-likeness (QED) is 0.541. The number of anilines is 1. The van der Waals surface area contributed by atoms with Crippen molar-refractivity contribution in [3.63, 3.8) is 0 Å². The van der Waals surface area contributed by atoms with Crippen LogP contribution in [0.3, 0.4) is 0 Å². The van der Waals surface area contributed by atoms with E-state index in [2.05, 4.69) is 25.6 Å². The summed E-state index contributed by atoms with van der Waals surface area (Å²) < 4.78 is 45.4. The second-order valence-corrected chi connectivity index (χ2v) is 7.16. The molecule has 0 saturated heterocycles. The third-order valence-corrected chi connectivity index (χ3v) is 4.71. The third kappa shape index (κ3) is 5.10. The molecule has 8 nitrogen and oxygen atoms in total. The molecule has 2 amide bonds. The maximum Gasteiger partial charge on any atom is 0.417 e. The maximum atomic E-state index is 13.4. The summed E-state index contributed by atoms with van der Waals surface area (Å²) in [5, 5.41) is 5.08. The first-order chi connectivity index (χ1) is 15.3. The minimum absolute atomic E-state index is 0.00244. The normalized spacial score (nSPS) is 13.6. The Kier molecular flexibility index (Phi) is 5.89. The van der Waals surface area contributed by atoms with Gasteiger partial charge in [-0.1, -0.05) is 18.2 Å². The first-order valence-electron chi connectivity index (χ1n) is 9.83. The van der Waals surface area contributed by atoms with Crippen LogP contribution in [0.25, 0.3) is 10.9 Å². The smallest absolute Gasteiger partial charge is 0.417 e. The molecule has 0 unspecified atom stereocenters. The Bertz CT molecular complexity index is 1160. The molecular weight excluding hydrogens is 427 g/mol. The lowest BCUT2D eigenvalue weighted by atomic mass is 10.1. The van der Waals surface area contributed by atoms with E-state index in [1.54, 1.807) is 6.07 Å². The number of rotatable bonds is 7. The summed E-state index contributed by atoms with van der Waals surface area (Å²) in [6.07, 6.45) is -1.57. The number of alkyl halides is 3. The summed E-state index contributed by atoms with van der Waals surface area (Å²) in [6, 6.07) is 8.12. The summed E-state index contributed by atoms with van der Waals surface area (Å²) in [4.78, 5) is 36.1. The van der Waals surface area contributed by atoms with Gasteiger partial charge in [0.1, 0.15) is 12.3 Å². The summed E-state index contributed by atoms with van der Waals surface area (Å²) in [5.74, 6) is -0.921. The van der Waals surface area contributed by atoms with Crippen LogP contribution in [0.1, 0.15) is 28.9 Å². The lowest BCUT2D eigenvalue weighted by molar-refractivity contribution is -0.136. The van der Waals surface area contributed by atoms with Gasteiger partial charge in [0.05, 0.1) is 17.6 Å². The van der Waals surface area contributed by atoms with Gasteiger partial charge in [0, 0.05) is 23.6 Å². The number of amides is 2. The van der Waals surface area contributed by atoms with Gasteiger partial charge in [-0.2, -0.15) is 13.2 Å². The molecule has 11 heteroatoms. The number of benzene rings is 1. The number of hydrogen-bond acceptors (Lipinski definition) is 6. The van der Waals surface area contributed by atoms with Crippen LogP contribution in [0.2, 0.25) is 0 Å². The van der Waals surface area contributed by atoms with E-state index >= 15 is 0 Å². The SMILES string of the molecule is O=C(NCCOc1cc(C(F)(F)F)c2ccccc2n1)c1ccnc(NC(=O)C2CC2)n1. The van der Waals surface area contributed by atoms with Gasteiger partial charge in [-0.15, -0.1) is 0 Å². The van der Waals surface area contributed by atoms with E-state index in [0.717, 1.165) is 18.9 Å². The van der Waals surface area contributed by atoms with Gasteiger partial charge < -0.3 is 10.1 Å². The molecule has 2 aromatic heterocycles. The molecule has 1 saturated carbocycles. The van der Waals surface area contributed by atoms with Crippen molar-refractivity contribution in [2.75, 3.05) is 18.5 Å². The van der Waals surface area contributed by atoms with Gasteiger partial charge in [-0.05, 0) is 25.0 Å². The van der Waals surface area contributed by atoms with Crippen molar-refractivity contribution in [3.05, 3.63) is 53.9 Å². The molecule has 0 atom stereocenters. The maximum absolute atomic E-state index is 13.4. The van der Waals surface area contributed by atoms with E-state index < -0.39 is 17.6 Å². The summed E-state index contributed by atoms with van der Waals surface area (Å²) in [7, 11) is 0. The summed E-state index contributed by atoms with van der Waals surface area (Å²) in [5.41, 5.74) is -0.652. The zero-order chi connectivity index (χ0) is 22.7. The molecule has 3 aromatic rings. The van der Waals surface area contributed by atoms with Crippen LogP contribution < -0.4 is 15.4 Å². The Morgan fingerprint density at radius 1 is 1.12 bits per heavy atom. The van der Waals surface area contributed by atoms with Crippen LogP contribution in [0.15, 0.2) is 42.6 Å². The predicted molar refractivity (Wildman–Crippen MR) is 108 cm³/mol. The van der Waals surface area contributed by atoms with Crippen LogP contribution in [0, 0.1) is 5.92 Å². The van der Waals surface area contributed by atoms with Crippen LogP contribution in [0.4, 0.5) is 19.1 Å². The molecule has 32 heavy (non-hydrogen) atoms. The van der Waals surface area contributed by atoms with Crippen molar-refractivity contribution in [1.82, 2.24) is 20.3 Å². The zero-order valence-corrected chi connectivity index (χ0v) is 16.6. The van der Waals surface area contributed by atoms with Crippen molar-refractivity contribution in [2.45, 2.75) is 19.0 Å². The van der Waals surface area contributed by atoms with Crippen molar-refractivity contribution in [1.29, 1.82) is 0 Å². The minimum Gasteiger partial charge on any atom is -0.476 e. The van der Waals surface area contributed by atoms with Gasteiger partial charge in [-0.3, -0.25) is 14.9 Å². The van der Waals surface area contributed by atoms with Crippen LogP contribution in [-0.4, -0.2) is 39.9 Å². The standard InChI is InChI=1S/C21H18F3N5O3/c22-21(23,24)14-11-17(27-15-4-2-1-3-13(14)15)32-10-9-25-19(31)16-7-8-26-20(28-16)29-18(30)12-5-6-12/h1-4,7-8,11-12H,5-6,9-10H2,(H,25,31)(H,26,28,29,30). The number of nitrogens with one attached hydrogen (secondary N) is 2. The lowest BCUT2D eigenvalue weighted by Gasteiger charge is -2.13. The number of aromatic nitrogens is 3. The highest BCUT2D eigenvalue weighted by atomic mass is 19.4. The fourth-order valence-corrected chi connectivity index (χ4v) is 2.97. The molecule has 0 aliphatic heterocycles. The highest BCUT2D eigenvalue weighted by Crippen LogP contribution is 2.36. The first-order valence-corrected chi connectivity index (χ1v) is 9.83. The van der Waals surface area contributed by atoms with Gasteiger partial charge >= 0.3 is 6.18 Å². The number of carbonyl (C=O) groups excluding carboxylic acids is 2. The Morgan fingerprint density at radius 2 is 1.91 bits per heavy atom. The molecule has 2 N–H and O–H groups in total. The highest BCUT2D eigenvalue weighted by Gasteiger charge is 2.33. The molecule has 1 aromatic carbocycles. The Labute approximate surface area is 180 Å². The van der Waals surface area contributed by atoms with E-state index in [9.17, 15) is 22.8 Å². The van der Waals surface area contributed by atoms with Crippen molar-refractivity contribution >= 4 is 28.7 Å². The lowest BCUT2D eigenvalue weighted by Crippen LogP contribution is -2.29. The number of para-hydroxylation sites is 1. The van der Waals surface area contributed by atoms with E-state index in [1.807, 2.05) is 0 Å². The topological polar surface area (TPSA) is 106 Å². The zero-order valence-electron chi connectivity index (χ0n) is 16.6. The van der Waals surface area contributed by atoms with Gasteiger partial charge in [0.15, 0.2) is 0 Å². The van der Waals surface area contributed by atoms with Crippen molar-refractivity contribution in [2.24, 2.45) is 5.92 Å². The Balaban J connectivity index is 1.35. The molecular formula is C21H18F3N5O3. The highest BCUT2D eigenvalue weighted by molar-refractivity contribution is 5.94. The molecule has 4 rings (SSSR count). The molecule has 0 bridgehead atoms. The van der Waals surface area contributed by atoms with Gasteiger partial charge in [0.25, 0.3) is 5.91 Å². The number of halogens is 3. The van der Waals surface area contributed by atoms with Crippen LogP contribution >= 0.6 is 0 Å². The molecule has 166 valence electrons. The number of nitrogens with zero attached hydrogens (tertiary/aromatic N) is 3. The number of fused-ring (bicyclic) bond motifs is 1. The Morgan fingerprint density at radius 3 is 2.66 bits per heavy atom. The molecule has 1 fully saturated rings. The van der Waals surface area contributed by atoms with Gasteiger partial charge in [-0.25, -0.2) is 15.0 Å². The van der Waals surface area contributed by atoms with E-state index in [0.29, 0.717) is 0 Å². The average Bonchev–Trinajstić information content (AvgIpc) is 3.61. The molecule has 1 aliphatic carbocycles. The number of hydrogen-bond donors (Lipinski definition) is 2. The Hall–Kier alpha value is -3.76. The average molecular weight is 445 g/mol. The molecule has 1 aliphatic rings. The number of pyridine rings is 1. The monoisotopic (exact) mass is 445 g/mol. The second-order valence-electron chi connectivity index (χ2n) is 7.16. The fourth-order valence-electron chi connectivity index (χ4n) is 2.97. The first kappa shape index (κ1) is 21.5. The summed E-state index contributed by atoms with van der Waals surface area (Å²) in [6.45, 7) is -0.104. The third-order valence-electron chi connectivity index (χ3n) is 4.71. The van der Waals surface area contributed by atoms with Gasteiger partial charge in [0.2, 0.25) is 17.7 Å². The summed E-state index contributed by atoms with van der Waals surface area (Å²) >= 11 is 0. The molecule has 2 heterocycles. The fraction of sp³-hybridized carbons (Fsp3) is 0.286. The van der Waals surface area contributed by atoms with Crippen molar-refractivity contribution < 1.29 is 27.5 Å². The van der Waals surface area contributed by atoms with E-state index in [1.165, 1.54) is 30.5 Å². The van der Waals surface area contributed by atoms with E-state index in [4.69, 9.17) is 4.74 Å². The van der Waals surface area contributed by atoms with Crippen LogP contribution in [-0.2, 0) is 11.0 Å². The van der Waals surface area contributed by atoms with Crippen LogP contribution in [0.5, 0.6) is 5.88 Å². The molecule has 0 spiro atoms. The van der Waals surface area contributed by atoms with E-state index in [-0.39, 0.29) is 53.4 Å².